The van der Waals surface area contributed by atoms with Crippen LogP contribution < -0.4 is 5.32 Å². The number of hydrogen-bond acceptors (Lipinski definition) is 4. The molecule has 2 fully saturated rings. The average molecular weight is 448 g/mol. The molecule has 0 saturated carbocycles. The van der Waals surface area contributed by atoms with Crippen molar-refractivity contribution in [1.29, 1.82) is 0 Å². The van der Waals surface area contributed by atoms with E-state index in [1.54, 1.807) is 0 Å². The maximum Gasteiger partial charge on any atom is 0.490 e. The Kier molecular flexibility index (Phi) is 9.70. The Bertz CT molecular complexity index is 700. The van der Waals surface area contributed by atoms with Gasteiger partial charge in [-0.1, -0.05) is 18.6 Å². The van der Waals surface area contributed by atoms with E-state index >= 15 is 0 Å². The van der Waals surface area contributed by atoms with Gasteiger partial charge in [-0.05, 0) is 56.5 Å². The zero-order chi connectivity index (χ0) is 22.9. The Labute approximate surface area is 178 Å². The number of benzene rings is 1. The number of carbonyl (C=O) groups is 2. The summed E-state index contributed by atoms with van der Waals surface area (Å²) in [5.41, 5.74) is 1.07. The Morgan fingerprint density at radius 2 is 1.65 bits per heavy atom. The number of rotatable bonds is 5. The number of nitrogens with one attached hydrogen (secondary N) is 1. The molecule has 6 nitrogen and oxygen atoms in total. The topological polar surface area (TPSA) is 78.9 Å². The summed E-state index contributed by atoms with van der Waals surface area (Å²) >= 11 is 0. The predicted molar refractivity (Wildman–Crippen MR) is 105 cm³/mol. The van der Waals surface area contributed by atoms with Crippen molar-refractivity contribution in [2.75, 3.05) is 32.8 Å². The van der Waals surface area contributed by atoms with Crippen LogP contribution in [0, 0.1) is 11.7 Å². The van der Waals surface area contributed by atoms with Gasteiger partial charge in [-0.2, -0.15) is 13.2 Å². The van der Waals surface area contributed by atoms with Crippen molar-refractivity contribution < 1.29 is 37.0 Å². The van der Waals surface area contributed by atoms with E-state index in [-0.39, 0.29) is 23.7 Å². The predicted octanol–water partition coefficient (Wildman–Crippen LogP) is 3.53. The molecule has 2 saturated heterocycles. The minimum atomic E-state index is -5.08. The van der Waals surface area contributed by atoms with Crippen LogP contribution in [0.4, 0.5) is 17.6 Å². The Balaban J connectivity index is 0.000000423. The number of aliphatic carboxylic acids is 1. The molecule has 2 aliphatic heterocycles. The molecule has 2 heterocycles. The van der Waals surface area contributed by atoms with Crippen molar-refractivity contribution >= 4 is 11.9 Å². The third kappa shape index (κ3) is 8.45. The second-order valence-electron chi connectivity index (χ2n) is 7.60. The third-order valence-electron chi connectivity index (χ3n) is 5.39. The van der Waals surface area contributed by atoms with Crippen LogP contribution in [-0.2, 0) is 14.3 Å². The quantitative estimate of drug-likeness (QED) is 0.674. The van der Waals surface area contributed by atoms with E-state index in [1.807, 2.05) is 12.1 Å². The van der Waals surface area contributed by atoms with Gasteiger partial charge in [-0.15, -0.1) is 0 Å². The summed E-state index contributed by atoms with van der Waals surface area (Å²) in [6, 6.07) is 6.82. The van der Waals surface area contributed by atoms with E-state index in [0.29, 0.717) is 19.8 Å². The van der Waals surface area contributed by atoms with Crippen LogP contribution in [0.1, 0.15) is 43.7 Å². The molecule has 174 valence electrons. The Morgan fingerprint density at radius 3 is 2.16 bits per heavy atom. The number of carboxylic acid groups (broad SMARTS) is 1. The summed E-state index contributed by atoms with van der Waals surface area (Å²) in [4.78, 5) is 23.7. The van der Waals surface area contributed by atoms with Gasteiger partial charge in [0, 0.05) is 25.7 Å². The highest BCUT2D eigenvalue weighted by molar-refractivity contribution is 5.78. The summed E-state index contributed by atoms with van der Waals surface area (Å²) < 4.78 is 50.3. The number of nitrogens with zero attached hydrogens (tertiary/aromatic N) is 1. The van der Waals surface area contributed by atoms with E-state index in [2.05, 4.69) is 10.2 Å². The first-order valence-corrected chi connectivity index (χ1v) is 10.3. The zero-order valence-corrected chi connectivity index (χ0v) is 17.2. The lowest BCUT2D eigenvalue weighted by molar-refractivity contribution is -0.192. The molecule has 0 radical (unpaired) electrons. The number of likely N-dealkylation sites (tertiary alicyclic amines) is 1. The average Bonchev–Trinajstić information content (AvgIpc) is 2.76. The Hall–Kier alpha value is -2.20. The molecule has 1 aromatic rings. The van der Waals surface area contributed by atoms with Crippen LogP contribution in [0.15, 0.2) is 24.3 Å². The molecule has 0 bridgehead atoms. The highest BCUT2D eigenvalue weighted by atomic mass is 19.4. The SMILES string of the molecule is O=C(NCC(c1ccc(F)cc1)N1CCCCC1)C1CCOCC1.O=C(O)C(F)(F)F. The summed E-state index contributed by atoms with van der Waals surface area (Å²) in [5.74, 6) is -2.79. The van der Waals surface area contributed by atoms with Crippen LogP contribution in [0.25, 0.3) is 0 Å². The van der Waals surface area contributed by atoms with Crippen molar-refractivity contribution in [2.24, 2.45) is 5.92 Å². The molecule has 2 aliphatic rings. The maximum absolute atomic E-state index is 13.3. The number of carboxylic acids is 1. The van der Waals surface area contributed by atoms with E-state index in [1.165, 1.54) is 31.4 Å². The highest BCUT2D eigenvalue weighted by Gasteiger charge is 2.38. The van der Waals surface area contributed by atoms with Gasteiger partial charge in [0.15, 0.2) is 0 Å². The van der Waals surface area contributed by atoms with E-state index in [4.69, 9.17) is 14.6 Å². The first kappa shape index (κ1) is 25.1. The molecule has 1 aromatic carbocycles. The lowest BCUT2D eigenvalue weighted by atomic mass is 9.98. The van der Waals surface area contributed by atoms with Crippen LogP contribution in [0.3, 0.4) is 0 Å². The van der Waals surface area contributed by atoms with E-state index < -0.39 is 12.1 Å². The van der Waals surface area contributed by atoms with Gasteiger partial charge < -0.3 is 15.2 Å². The first-order chi connectivity index (χ1) is 14.7. The largest absolute Gasteiger partial charge is 0.490 e. The number of alkyl halides is 3. The molecule has 10 heteroatoms. The second kappa shape index (κ2) is 12.0. The lowest BCUT2D eigenvalue weighted by Gasteiger charge is -2.35. The minimum Gasteiger partial charge on any atom is -0.475 e. The molecule has 2 N–H and O–H groups in total. The zero-order valence-electron chi connectivity index (χ0n) is 17.2. The molecule has 3 rings (SSSR count). The van der Waals surface area contributed by atoms with Crippen molar-refractivity contribution in [1.82, 2.24) is 10.2 Å². The van der Waals surface area contributed by atoms with Gasteiger partial charge in [-0.3, -0.25) is 9.69 Å². The second-order valence-corrected chi connectivity index (χ2v) is 7.60. The van der Waals surface area contributed by atoms with Crippen molar-refractivity contribution in [3.63, 3.8) is 0 Å². The number of ether oxygens (including phenoxy) is 1. The fourth-order valence-corrected chi connectivity index (χ4v) is 3.67. The first-order valence-electron chi connectivity index (χ1n) is 10.3. The number of carbonyl (C=O) groups excluding carboxylic acids is 1. The van der Waals surface area contributed by atoms with Crippen LogP contribution >= 0.6 is 0 Å². The van der Waals surface area contributed by atoms with E-state index in [0.717, 1.165) is 31.5 Å². The number of amides is 1. The molecule has 1 amide bonds. The third-order valence-corrected chi connectivity index (χ3v) is 5.39. The summed E-state index contributed by atoms with van der Waals surface area (Å²) in [6.45, 7) is 4.00. The number of piperidine rings is 1. The smallest absolute Gasteiger partial charge is 0.475 e. The summed E-state index contributed by atoms with van der Waals surface area (Å²) in [7, 11) is 0. The summed E-state index contributed by atoms with van der Waals surface area (Å²) in [5, 5.41) is 10.3. The molecule has 31 heavy (non-hydrogen) atoms. The van der Waals surface area contributed by atoms with Crippen molar-refractivity contribution in [3.8, 4) is 0 Å². The van der Waals surface area contributed by atoms with Crippen LogP contribution in [0.2, 0.25) is 0 Å². The molecular weight excluding hydrogens is 420 g/mol. The van der Waals surface area contributed by atoms with Gasteiger partial charge in [0.25, 0.3) is 0 Å². The van der Waals surface area contributed by atoms with Crippen molar-refractivity contribution in [3.05, 3.63) is 35.6 Å². The monoisotopic (exact) mass is 448 g/mol. The van der Waals surface area contributed by atoms with E-state index in [9.17, 15) is 22.4 Å². The van der Waals surface area contributed by atoms with Crippen LogP contribution in [0.5, 0.6) is 0 Å². The number of hydrogen-bond donors (Lipinski definition) is 2. The standard InChI is InChI=1S/C19H27FN2O2.C2HF3O2/c20-17-6-4-15(5-7-17)18(22-10-2-1-3-11-22)14-21-19(23)16-8-12-24-13-9-16;3-2(4,5)1(6)7/h4-7,16,18H,1-3,8-14H2,(H,21,23);(H,6,7). The molecule has 0 aliphatic carbocycles. The number of halogens is 4. The molecule has 1 atom stereocenters. The molecule has 0 spiro atoms. The van der Waals surface area contributed by atoms with Crippen LogP contribution in [-0.4, -0.2) is 60.9 Å². The normalized spacial score (nSPS) is 19.1. The molecule has 1 unspecified atom stereocenters. The maximum atomic E-state index is 13.3. The minimum absolute atomic E-state index is 0.0639. The fourth-order valence-electron chi connectivity index (χ4n) is 3.67. The fraction of sp³-hybridized carbons (Fsp3) is 0.619. The molecule has 0 aromatic heterocycles. The van der Waals surface area contributed by atoms with Gasteiger partial charge in [-0.25, -0.2) is 9.18 Å². The van der Waals surface area contributed by atoms with Gasteiger partial charge in [0.1, 0.15) is 5.82 Å². The summed E-state index contributed by atoms with van der Waals surface area (Å²) in [6.07, 6.45) is 0.159. The highest BCUT2D eigenvalue weighted by Crippen LogP contribution is 2.25. The van der Waals surface area contributed by atoms with Gasteiger partial charge in [0.05, 0.1) is 6.04 Å². The van der Waals surface area contributed by atoms with Gasteiger partial charge >= 0.3 is 12.1 Å². The Morgan fingerprint density at radius 1 is 1.10 bits per heavy atom. The lowest BCUT2D eigenvalue weighted by Crippen LogP contribution is -2.42. The van der Waals surface area contributed by atoms with Gasteiger partial charge in [0.2, 0.25) is 5.91 Å². The van der Waals surface area contributed by atoms with Crippen molar-refractivity contribution in [2.45, 2.75) is 44.3 Å². The molecular formula is C21H28F4N2O4.